The molecule has 2 aromatic carbocycles. The number of benzene rings is 2. The highest BCUT2D eigenvalue weighted by atomic mass is 19.3. The van der Waals surface area contributed by atoms with E-state index in [-0.39, 0.29) is 22.7 Å². The highest BCUT2D eigenvalue weighted by Crippen LogP contribution is 2.36. The van der Waals surface area contributed by atoms with E-state index in [1.165, 1.54) is 44.2 Å². The molecule has 1 aliphatic rings. The molecule has 0 radical (unpaired) electrons. The maximum absolute atomic E-state index is 13.7. The topological polar surface area (TPSA) is 83.9 Å². The fraction of sp³-hybridized carbons (Fsp3) is 0.231. The van der Waals surface area contributed by atoms with Crippen molar-refractivity contribution in [3.63, 3.8) is 0 Å². The van der Waals surface area contributed by atoms with Crippen LogP contribution in [0.3, 0.4) is 0 Å². The van der Waals surface area contributed by atoms with Crippen molar-refractivity contribution in [2.45, 2.75) is 33.1 Å². The molecule has 2 amide bonds. The van der Waals surface area contributed by atoms with Gasteiger partial charge in [0, 0.05) is 36.9 Å². The second-order valence-corrected chi connectivity index (χ2v) is 8.34. The Balaban J connectivity index is 1.60. The van der Waals surface area contributed by atoms with E-state index in [0.717, 1.165) is 18.0 Å². The minimum Gasteiger partial charge on any atom is -0.460 e. The first kappa shape index (κ1) is 24.9. The number of halogens is 3. The number of nitrogens with one attached hydrogen (secondary N) is 1. The first-order valence-corrected chi connectivity index (χ1v) is 11.1. The summed E-state index contributed by atoms with van der Waals surface area (Å²) in [5.41, 5.74) is 1.34. The number of anilines is 2. The van der Waals surface area contributed by atoms with Gasteiger partial charge < -0.3 is 10.1 Å². The summed E-state index contributed by atoms with van der Waals surface area (Å²) in [6, 6.07) is 15.0. The molecule has 1 aliphatic heterocycles. The van der Waals surface area contributed by atoms with Crippen LogP contribution < -0.4 is 15.1 Å². The molecule has 186 valence electrons. The number of alkyl halides is 3. The number of hydrazone groups is 1. The van der Waals surface area contributed by atoms with Crippen molar-refractivity contribution in [1.29, 1.82) is 0 Å². The van der Waals surface area contributed by atoms with Crippen LogP contribution in [0, 0.1) is 5.92 Å². The smallest absolute Gasteiger partial charge is 0.270 e. The lowest BCUT2D eigenvalue weighted by molar-refractivity contribution is -0.127. The summed E-state index contributed by atoms with van der Waals surface area (Å²) >= 11 is 0. The van der Waals surface area contributed by atoms with Crippen molar-refractivity contribution in [2.75, 3.05) is 10.3 Å². The van der Waals surface area contributed by atoms with Gasteiger partial charge in [0.1, 0.15) is 5.75 Å². The molecule has 1 aromatic heterocycles. The summed E-state index contributed by atoms with van der Waals surface area (Å²) in [5.74, 6) is -5.44. The molecular weight excluding hydrogens is 473 g/mol. The Morgan fingerprint density at radius 1 is 1.14 bits per heavy atom. The van der Waals surface area contributed by atoms with Gasteiger partial charge in [-0.25, -0.2) is 13.2 Å². The number of nitrogens with zero attached hydrogens (tertiary/aromatic N) is 3. The van der Waals surface area contributed by atoms with Crippen molar-refractivity contribution >= 4 is 28.9 Å². The summed E-state index contributed by atoms with van der Waals surface area (Å²) in [7, 11) is 0. The van der Waals surface area contributed by atoms with E-state index in [1.807, 2.05) is 0 Å². The van der Waals surface area contributed by atoms with Gasteiger partial charge in [0.05, 0.1) is 17.1 Å². The molecule has 10 heteroatoms. The van der Waals surface area contributed by atoms with Gasteiger partial charge in [-0.15, -0.1) is 0 Å². The lowest BCUT2D eigenvalue weighted by Crippen LogP contribution is -2.36. The molecule has 7 nitrogen and oxygen atoms in total. The monoisotopic (exact) mass is 496 g/mol. The number of carbonyl (C=O) groups excluding carboxylic acids is 2. The zero-order valence-electron chi connectivity index (χ0n) is 19.7. The predicted octanol–water partition coefficient (Wildman–Crippen LogP) is 5.53. The third kappa shape index (κ3) is 5.22. The molecule has 0 bridgehead atoms. The van der Waals surface area contributed by atoms with E-state index >= 15 is 0 Å². The number of hydrogen-bond acceptors (Lipinski definition) is 5. The maximum Gasteiger partial charge on any atom is 0.270 e. The Kier molecular flexibility index (Phi) is 6.78. The van der Waals surface area contributed by atoms with Crippen LogP contribution >= 0.6 is 0 Å². The minimum atomic E-state index is -3.08. The second-order valence-electron chi connectivity index (χ2n) is 8.34. The van der Waals surface area contributed by atoms with Crippen LogP contribution in [0.5, 0.6) is 5.75 Å². The van der Waals surface area contributed by atoms with Crippen LogP contribution in [0.2, 0.25) is 0 Å². The molecule has 2 unspecified atom stereocenters. The molecule has 0 fully saturated rings. The summed E-state index contributed by atoms with van der Waals surface area (Å²) in [6.07, 6.45) is -0.0104. The summed E-state index contributed by atoms with van der Waals surface area (Å²) in [5, 5.41) is 7.85. The molecule has 2 heterocycles. The summed E-state index contributed by atoms with van der Waals surface area (Å²) < 4.78 is 46.2. The van der Waals surface area contributed by atoms with Crippen LogP contribution in [0.25, 0.3) is 11.3 Å². The first-order chi connectivity index (χ1) is 17.0. The van der Waals surface area contributed by atoms with E-state index in [2.05, 4.69) is 15.4 Å². The van der Waals surface area contributed by atoms with E-state index in [0.29, 0.717) is 16.9 Å². The number of rotatable bonds is 7. The lowest BCUT2D eigenvalue weighted by Gasteiger charge is -2.18. The Morgan fingerprint density at radius 3 is 2.58 bits per heavy atom. The molecule has 2 atom stereocenters. The van der Waals surface area contributed by atoms with Crippen molar-refractivity contribution in [3.8, 4) is 17.0 Å². The zero-order chi connectivity index (χ0) is 26.0. The van der Waals surface area contributed by atoms with Crippen molar-refractivity contribution in [1.82, 2.24) is 4.98 Å². The summed E-state index contributed by atoms with van der Waals surface area (Å²) in [4.78, 5) is 30.4. The van der Waals surface area contributed by atoms with Gasteiger partial charge in [-0.1, -0.05) is 18.2 Å². The molecule has 0 saturated heterocycles. The molecule has 0 aliphatic carbocycles. The highest BCUT2D eigenvalue weighted by Gasteiger charge is 2.40. The lowest BCUT2D eigenvalue weighted by atomic mass is 10.0. The van der Waals surface area contributed by atoms with Crippen LogP contribution in [0.4, 0.5) is 24.5 Å². The third-order valence-electron chi connectivity index (χ3n) is 5.47. The second kappa shape index (κ2) is 9.80. The zero-order valence-corrected chi connectivity index (χ0v) is 19.7. The van der Waals surface area contributed by atoms with Crippen molar-refractivity contribution in [3.05, 3.63) is 72.4 Å². The average Bonchev–Trinajstić information content (AvgIpc) is 3.13. The molecule has 0 saturated carbocycles. The van der Waals surface area contributed by atoms with Crippen LogP contribution in [0.1, 0.15) is 26.3 Å². The van der Waals surface area contributed by atoms with Gasteiger partial charge in [-0.05, 0) is 49.4 Å². The largest absolute Gasteiger partial charge is 0.460 e. The molecule has 3 aromatic rings. The number of carbonyl (C=O) groups is 2. The normalized spacial score (nSPS) is 16.5. The van der Waals surface area contributed by atoms with E-state index in [1.54, 1.807) is 30.5 Å². The van der Waals surface area contributed by atoms with Gasteiger partial charge in [0.2, 0.25) is 12.3 Å². The number of ether oxygens (including phenoxy) is 1. The van der Waals surface area contributed by atoms with Crippen LogP contribution in [-0.4, -0.2) is 28.9 Å². The van der Waals surface area contributed by atoms with Gasteiger partial charge in [0.15, 0.2) is 5.92 Å². The molecule has 0 spiro atoms. The van der Waals surface area contributed by atoms with Crippen LogP contribution in [0.15, 0.2) is 72.0 Å². The van der Waals surface area contributed by atoms with Gasteiger partial charge in [-0.2, -0.15) is 10.1 Å². The molecule has 1 N–H and O–H groups in total. The number of pyridine rings is 1. The fourth-order valence-corrected chi connectivity index (χ4v) is 3.79. The Labute approximate surface area is 205 Å². The standard InChI is InChI=1S/C26H23F3N4O3/c1-15-23(24(34)31-18-8-6-7-17(13-18)26(3,28)29)25(35)33(32-15)19-10-11-22(36-16(2)27)20(14-19)21-9-4-5-12-30-21/h4-14,16,23H,1-3H3,(H,31,34). The molecular formula is C26H23F3N4O3. The van der Waals surface area contributed by atoms with E-state index in [4.69, 9.17) is 4.74 Å². The summed E-state index contributed by atoms with van der Waals surface area (Å²) in [6.45, 7) is 3.53. The molecule has 36 heavy (non-hydrogen) atoms. The van der Waals surface area contributed by atoms with Crippen molar-refractivity contribution < 1.29 is 27.5 Å². The average molecular weight is 496 g/mol. The quantitative estimate of drug-likeness (QED) is 0.436. The number of hydrogen-bond donors (Lipinski definition) is 1. The van der Waals surface area contributed by atoms with Crippen LogP contribution in [-0.2, 0) is 15.5 Å². The predicted molar refractivity (Wildman–Crippen MR) is 130 cm³/mol. The Hall–Kier alpha value is -4.21. The fourth-order valence-electron chi connectivity index (χ4n) is 3.79. The van der Waals surface area contributed by atoms with E-state index < -0.39 is 30.0 Å². The number of aromatic nitrogens is 1. The van der Waals surface area contributed by atoms with Gasteiger partial charge in [-0.3, -0.25) is 14.6 Å². The SMILES string of the molecule is CC1=NN(c2ccc(OC(C)F)c(-c3ccccn3)c2)C(=O)C1C(=O)Nc1cccc(C(C)(F)F)c1. The maximum atomic E-state index is 13.7. The molecule has 4 rings (SSSR count). The third-order valence-corrected chi connectivity index (χ3v) is 5.47. The Bertz CT molecular complexity index is 1320. The van der Waals surface area contributed by atoms with E-state index in [9.17, 15) is 22.8 Å². The Morgan fingerprint density at radius 2 is 1.92 bits per heavy atom. The number of amides is 2. The van der Waals surface area contributed by atoms with Gasteiger partial charge >= 0.3 is 0 Å². The first-order valence-electron chi connectivity index (χ1n) is 11.1. The highest BCUT2D eigenvalue weighted by molar-refractivity contribution is 6.28. The minimum absolute atomic E-state index is 0.136. The van der Waals surface area contributed by atoms with Crippen molar-refractivity contribution in [2.24, 2.45) is 11.0 Å². The van der Waals surface area contributed by atoms with Gasteiger partial charge in [0.25, 0.3) is 11.8 Å².